The maximum Gasteiger partial charge on any atom is 0.235 e. The number of carbonyl (C=O) groups excluding carboxylic acids is 2. The van der Waals surface area contributed by atoms with Crippen LogP contribution in [-0.4, -0.2) is 46.7 Å². The Morgan fingerprint density at radius 1 is 1.35 bits per heavy atom. The predicted molar refractivity (Wildman–Crippen MR) is 73.6 cm³/mol. The highest BCUT2D eigenvalue weighted by Crippen LogP contribution is 2.45. The fourth-order valence-corrected chi connectivity index (χ4v) is 3.52. The first-order valence-corrected chi connectivity index (χ1v) is 7.10. The van der Waals surface area contributed by atoms with Crippen molar-refractivity contribution in [1.82, 2.24) is 14.8 Å². The van der Waals surface area contributed by atoms with Crippen LogP contribution in [0.1, 0.15) is 24.9 Å². The second-order valence-corrected chi connectivity index (χ2v) is 5.63. The van der Waals surface area contributed by atoms with E-state index in [2.05, 4.69) is 9.88 Å². The molecule has 0 radical (unpaired) electrons. The molecular weight excluding hydrogens is 254 g/mol. The minimum absolute atomic E-state index is 0.0000836. The first kappa shape index (κ1) is 13.2. The molecule has 2 aliphatic heterocycles. The lowest BCUT2D eigenvalue weighted by molar-refractivity contribution is -0.141. The summed E-state index contributed by atoms with van der Waals surface area (Å²) in [5.41, 5.74) is 1.02. The fraction of sp³-hybridized carbons (Fsp3) is 0.533. The van der Waals surface area contributed by atoms with Gasteiger partial charge in [0.2, 0.25) is 11.8 Å². The van der Waals surface area contributed by atoms with E-state index in [1.54, 1.807) is 12.4 Å². The number of nitrogens with zero attached hydrogens (tertiary/aromatic N) is 3. The van der Waals surface area contributed by atoms with E-state index in [0.717, 1.165) is 12.0 Å². The third-order valence-electron chi connectivity index (χ3n) is 4.34. The average molecular weight is 273 g/mol. The second kappa shape index (κ2) is 4.98. The Morgan fingerprint density at radius 2 is 2.15 bits per heavy atom. The quantitative estimate of drug-likeness (QED) is 0.773. The van der Waals surface area contributed by atoms with E-state index in [0.29, 0.717) is 13.1 Å². The summed E-state index contributed by atoms with van der Waals surface area (Å²) >= 11 is 0. The number of carbonyl (C=O) groups is 2. The van der Waals surface area contributed by atoms with Gasteiger partial charge in [-0.15, -0.1) is 0 Å². The van der Waals surface area contributed by atoms with Crippen molar-refractivity contribution < 1.29 is 9.59 Å². The molecule has 5 heteroatoms. The lowest BCUT2D eigenvalue weighted by Gasteiger charge is -2.25. The van der Waals surface area contributed by atoms with Crippen LogP contribution >= 0.6 is 0 Å². The number of hydrogen-bond acceptors (Lipinski definition) is 4. The summed E-state index contributed by atoms with van der Waals surface area (Å²) in [5.74, 6) is -0.451. The number of amides is 2. The summed E-state index contributed by atoms with van der Waals surface area (Å²) in [5, 5.41) is 0. The Hall–Kier alpha value is -1.75. The van der Waals surface area contributed by atoms with Crippen LogP contribution in [0, 0.1) is 11.8 Å². The summed E-state index contributed by atoms with van der Waals surface area (Å²) < 4.78 is 0. The first-order chi connectivity index (χ1) is 9.65. The third-order valence-corrected chi connectivity index (χ3v) is 4.34. The Labute approximate surface area is 118 Å². The van der Waals surface area contributed by atoms with Crippen LogP contribution < -0.4 is 0 Å². The molecule has 0 unspecified atom stereocenters. The summed E-state index contributed by atoms with van der Waals surface area (Å²) in [4.78, 5) is 32.6. The normalized spacial score (nSPS) is 30.1. The van der Waals surface area contributed by atoms with Crippen LogP contribution in [0.4, 0.5) is 0 Å². The van der Waals surface area contributed by atoms with Crippen LogP contribution in [-0.2, 0) is 9.59 Å². The monoisotopic (exact) mass is 273 g/mol. The molecule has 0 saturated carbocycles. The maximum atomic E-state index is 12.6. The van der Waals surface area contributed by atoms with Gasteiger partial charge in [-0.1, -0.05) is 13.0 Å². The van der Waals surface area contributed by atoms with E-state index in [4.69, 9.17) is 0 Å². The molecule has 0 bridgehead atoms. The molecule has 2 saturated heterocycles. The van der Waals surface area contributed by atoms with E-state index < -0.39 is 0 Å². The van der Waals surface area contributed by atoms with Gasteiger partial charge in [0.05, 0.1) is 11.8 Å². The van der Waals surface area contributed by atoms with Crippen molar-refractivity contribution in [2.75, 3.05) is 20.1 Å². The maximum absolute atomic E-state index is 12.6. The van der Waals surface area contributed by atoms with Gasteiger partial charge in [-0.3, -0.25) is 24.4 Å². The second-order valence-electron chi connectivity index (χ2n) is 5.63. The van der Waals surface area contributed by atoms with E-state index in [1.165, 1.54) is 4.90 Å². The zero-order valence-electron chi connectivity index (χ0n) is 11.8. The first-order valence-electron chi connectivity index (χ1n) is 7.10. The van der Waals surface area contributed by atoms with Gasteiger partial charge < -0.3 is 0 Å². The third kappa shape index (κ3) is 1.85. The van der Waals surface area contributed by atoms with E-state index >= 15 is 0 Å². The van der Waals surface area contributed by atoms with E-state index in [-0.39, 0.29) is 29.7 Å². The predicted octanol–water partition coefficient (Wildman–Crippen LogP) is 1.08. The minimum atomic E-state index is -0.247. The SMILES string of the molecule is CCCN1C(=O)[C@H]2[C@@H](c3cccnc3)N(C)C[C@H]2C1=O. The molecule has 2 aliphatic rings. The van der Waals surface area contributed by atoms with Crippen molar-refractivity contribution in [3.63, 3.8) is 0 Å². The molecule has 0 aromatic carbocycles. The lowest BCUT2D eigenvalue weighted by Crippen LogP contribution is -2.36. The molecule has 0 N–H and O–H groups in total. The highest BCUT2D eigenvalue weighted by molar-refractivity contribution is 6.06. The van der Waals surface area contributed by atoms with Gasteiger partial charge in [0.1, 0.15) is 0 Å². The molecule has 20 heavy (non-hydrogen) atoms. The summed E-state index contributed by atoms with van der Waals surface area (Å²) in [7, 11) is 1.97. The molecule has 1 aromatic heterocycles. The largest absolute Gasteiger partial charge is 0.298 e. The number of hydrogen-bond donors (Lipinski definition) is 0. The number of aromatic nitrogens is 1. The van der Waals surface area contributed by atoms with Gasteiger partial charge in [-0.25, -0.2) is 0 Å². The highest BCUT2D eigenvalue weighted by Gasteiger charge is 2.56. The van der Waals surface area contributed by atoms with Gasteiger partial charge in [0, 0.05) is 31.5 Å². The van der Waals surface area contributed by atoms with Crippen LogP contribution in [0.3, 0.4) is 0 Å². The van der Waals surface area contributed by atoms with Crippen molar-refractivity contribution in [1.29, 1.82) is 0 Å². The van der Waals surface area contributed by atoms with E-state index in [9.17, 15) is 9.59 Å². The summed E-state index contributed by atoms with van der Waals surface area (Å²) in [6.45, 7) is 3.17. The lowest BCUT2D eigenvalue weighted by atomic mass is 9.89. The fourth-order valence-electron chi connectivity index (χ4n) is 3.52. The van der Waals surface area contributed by atoms with Crippen molar-refractivity contribution in [3.8, 4) is 0 Å². The number of fused-ring (bicyclic) bond motifs is 1. The molecule has 3 atom stereocenters. The molecule has 0 aliphatic carbocycles. The Bertz CT molecular complexity index is 531. The number of likely N-dealkylation sites (tertiary alicyclic amines) is 2. The van der Waals surface area contributed by atoms with Crippen molar-refractivity contribution in [2.45, 2.75) is 19.4 Å². The Kier molecular flexibility index (Phi) is 3.30. The number of rotatable bonds is 3. The molecule has 2 fully saturated rings. The molecule has 3 heterocycles. The molecule has 0 spiro atoms. The number of pyridine rings is 1. The molecule has 5 nitrogen and oxygen atoms in total. The van der Waals surface area contributed by atoms with Gasteiger partial charge in [-0.2, -0.15) is 0 Å². The standard InChI is InChI=1S/C15H19N3O2/c1-3-7-18-14(19)11-9-17(2)13(12(11)15(18)20)10-5-4-6-16-8-10/h4-6,8,11-13H,3,7,9H2,1-2H3/t11-,12-,13-/m1/s1. The number of imide groups is 1. The van der Waals surface area contributed by atoms with Crippen LogP contribution in [0.15, 0.2) is 24.5 Å². The highest BCUT2D eigenvalue weighted by atomic mass is 16.2. The molecule has 106 valence electrons. The summed E-state index contributed by atoms with van der Waals surface area (Å²) in [6.07, 6.45) is 4.33. The molecular formula is C15H19N3O2. The minimum Gasteiger partial charge on any atom is -0.298 e. The smallest absolute Gasteiger partial charge is 0.235 e. The van der Waals surface area contributed by atoms with Gasteiger partial charge in [-0.05, 0) is 25.1 Å². The van der Waals surface area contributed by atoms with Crippen LogP contribution in [0.25, 0.3) is 0 Å². The molecule has 1 aromatic rings. The van der Waals surface area contributed by atoms with Crippen LogP contribution in [0.5, 0.6) is 0 Å². The van der Waals surface area contributed by atoms with Crippen molar-refractivity contribution in [2.24, 2.45) is 11.8 Å². The Morgan fingerprint density at radius 3 is 2.80 bits per heavy atom. The Balaban J connectivity index is 1.94. The van der Waals surface area contributed by atoms with Gasteiger partial charge >= 0.3 is 0 Å². The summed E-state index contributed by atoms with van der Waals surface area (Å²) in [6, 6.07) is 3.82. The molecule has 2 amide bonds. The van der Waals surface area contributed by atoms with Gasteiger partial charge in [0.15, 0.2) is 0 Å². The molecule has 3 rings (SSSR count). The zero-order valence-corrected chi connectivity index (χ0v) is 11.8. The average Bonchev–Trinajstić information content (AvgIpc) is 2.91. The van der Waals surface area contributed by atoms with E-state index in [1.807, 2.05) is 26.1 Å². The van der Waals surface area contributed by atoms with Crippen LogP contribution in [0.2, 0.25) is 0 Å². The zero-order chi connectivity index (χ0) is 14.3. The van der Waals surface area contributed by atoms with Gasteiger partial charge in [0.25, 0.3) is 0 Å². The van der Waals surface area contributed by atoms with Crippen molar-refractivity contribution in [3.05, 3.63) is 30.1 Å². The van der Waals surface area contributed by atoms with Crippen molar-refractivity contribution >= 4 is 11.8 Å². The topological polar surface area (TPSA) is 53.5 Å².